The van der Waals surface area contributed by atoms with E-state index < -0.39 is 0 Å². The summed E-state index contributed by atoms with van der Waals surface area (Å²) in [4.78, 5) is 0. The van der Waals surface area contributed by atoms with Crippen LogP contribution in [-0.2, 0) is 6.54 Å². The molecule has 102 valence electrons. The molecule has 1 aliphatic carbocycles. The fraction of sp³-hybridized carbons (Fsp3) is 0.529. The topological polar surface area (TPSA) is 25.2 Å². The van der Waals surface area contributed by atoms with E-state index in [0.29, 0.717) is 6.04 Å². The second-order valence-electron chi connectivity index (χ2n) is 5.82. The van der Waals surface area contributed by atoms with Crippen molar-refractivity contribution in [3.8, 4) is 0 Å². The van der Waals surface area contributed by atoms with Gasteiger partial charge in [-0.3, -0.25) is 0 Å². The summed E-state index contributed by atoms with van der Waals surface area (Å²) in [6, 6.07) is 8.87. The molecule has 19 heavy (non-hydrogen) atoms. The van der Waals surface area contributed by atoms with Crippen LogP contribution in [0.15, 0.2) is 34.9 Å². The average Bonchev–Trinajstić information content (AvgIpc) is 2.89. The van der Waals surface area contributed by atoms with Crippen molar-refractivity contribution in [1.29, 1.82) is 0 Å². The molecule has 0 saturated heterocycles. The highest BCUT2D eigenvalue weighted by Gasteiger charge is 2.19. The lowest BCUT2D eigenvalue weighted by Crippen LogP contribution is -2.34. The van der Waals surface area contributed by atoms with E-state index in [0.717, 1.165) is 18.0 Å². The Kier molecular flexibility index (Phi) is 3.88. The Morgan fingerprint density at radius 3 is 2.84 bits per heavy atom. The molecule has 2 aromatic rings. The Labute approximate surface area is 115 Å². The number of hydrogen-bond acceptors (Lipinski definition) is 2. The van der Waals surface area contributed by atoms with Crippen molar-refractivity contribution in [3.63, 3.8) is 0 Å². The second-order valence-corrected chi connectivity index (χ2v) is 5.82. The third kappa shape index (κ3) is 2.84. The van der Waals surface area contributed by atoms with Crippen LogP contribution in [-0.4, -0.2) is 6.04 Å². The molecule has 0 bridgehead atoms. The lowest BCUT2D eigenvalue weighted by molar-refractivity contribution is 0.280. The average molecular weight is 257 g/mol. The van der Waals surface area contributed by atoms with Gasteiger partial charge >= 0.3 is 0 Å². The van der Waals surface area contributed by atoms with Crippen LogP contribution >= 0.6 is 0 Å². The third-order valence-corrected chi connectivity index (χ3v) is 4.53. The predicted octanol–water partition coefficient (Wildman–Crippen LogP) is 4.49. The van der Waals surface area contributed by atoms with Gasteiger partial charge in [-0.2, -0.15) is 0 Å². The van der Waals surface area contributed by atoms with E-state index in [1.807, 2.05) is 18.4 Å². The smallest absolute Gasteiger partial charge is 0.134 e. The Bertz CT molecular complexity index is 525. The van der Waals surface area contributed by atoms with Gasteiger partial charge < -0.3 is 9.73 Å². The summed E-state index contributed by atoms with van der Waals surface area (Å²) in [5.41, 5.74) is 2.27. The standard InChI is InChI=1S/C17H23NO/c1-13(14-7-3-2-4-8-14)18-11-15-12-19-17-10-6-5-9-16(15)17/h5-6,9-10,12-14,18H,2-4,7-8,11H2,1H3. The summed E-state index contributed by atoms with van der Waals surface area (Å²) in [5, 5.41) is 4.93. The fourth-order valence-electron chi connectivity index (χ4n) is 3.24. The second kappa shape index (κ2) is 5.79. The first-order chi connectivity index (χ1) is 9.34. The largest absolute Gasteiger partial charge is 0.464 e. The molecule has 3 rings (SSSR count). The first-order valence-corrected chi connectivity index (χ1v) is 7.53. The molecule has 2 nitrogen and oxygen atoms in total. The minimum Gasteiger partial charge on any atom is -0.464 e. The van der Waals surface area contributed by atoms with Gasteiger partial charge in [-0.25, -0.2) is 0 Å². The number of nitrogens with one attached hydrogen (secondary N) is 1. The summed E-state index contributed by atoms with van der Waals surface area (Å²) in [6.45, 7) is 3.24. The van der Waals surface area contributed by atoms with Gasteiger partial charge in [0.25, 0.3) is 0 Å². The summed E-state index contributed by atoms with van der Waals surface area (Å²) >= 11 is 0. The van der Waals surface area contributed by atoms with Crippen molar-refractivity contribution < 1.29 is 4.42 Å². The zero-order chi connectivity index (χ0) is 13.1. The molecular weight excluding hydrogens is 234 g/mol. The van der Waals surface area contributed by atoms with Crippen molar-refractivity contribution in [2.24, 2.45) is 5.92 Å². The molecule has 0 spiro atoms. The monoisotopic (exact) mass is 257 g/mol. The molecule has 1 aromatic carbocycles. The highest BCUT2D eigenvalue weighted by Crippen LogP contribution is 2.27. The van der Waals surface area contributed by atoms with Crippen LogP contribution < -0.4 is 5.32 Å². The van der Waals surface area contributed by atoms with Crippen LogP contribution in [0.5, 0.6) is 0 Å². The normalized spacial score (nSPS) is 18.8. The summed E-state index contributed by atoms with van der Waals surface area (Å²) in [5.74, 6) is 0.854. The maximum absolute atomic E-state index is 5.59. The van der Waals surface area contributed by atoms with Crippen LogP contribution in [0.2, 0.25) is 0 Å². The molecule has 0 radical (unpaired) electrons. The Hall–Kier alpha value is -1.28. The lowest BCUT2D eigenvalue weighted by Gasteiger charge is -2.28. The minimum absolute atomic E-state index is 0.606. The molecule has 1 aromatic heterocycles. The molecule has 1 atom stereocenters. The number of rotatable bonds is 4. The molecule has 1 fully saturated rings. The SMILES string of the molecule is CC(NCc1coc2ccccc12)C1CCCCC1. The molecule has 1 unspecified atom stereocenters. The van der Waals surface area contributed by atoms with Crippen LogP contribution in [0.3, 0.4) is 0 Å². The van der Waals surface area contributed by atoms with E-state index in [2.05, 4.69) is 24.4 Å². The minimum atomic E-state index is 0.606. The zero-order valence-corrected chi connectivity index (χ0v) is 11.7. The van der Waals surface area contributed by atoms with Gasteiger partial charge in [-0.15, -0.1) is 0 Å². The number of fused-ring (bicyclic) bond motifs is 1. The van der Waals surface area contributed by atoms with Crippen molar-refractivity contribution in [2.45, 2.75) is 51.6 Å². The molecule has 0 amide bonds. The van der Waals surface area contributed by atoms with Crippen molar-refractivity contribution in [1.82, 2.24) is 5.32 Å². The maximum Gasteiger partial charge on any atom is 0.134 e. The molecule has 1 N–H and O–H groups in total. The Morgan fingerprint density at radius 2 is 2.00 bits per heavy atom. The van der Waals surface area contributed by atoms with E-state index in [9.17, 15) is 0 Å². The molecule has 1 saturated carbocycles. The summed E-state index contributed by atoms with van der Waals surface area (Å²) < 4.78 is 5.59. The highest BCUT2D eigenvalue weighted by atomic mass is 16.3. The summed E-state index contributed by atoms with van der Waals surface area (Å²) in [7, 11) is 0. The van der Waals surface area contributed by atoms with Gasteiger partial charge in [0, 0.05) is 23.5 Å². The molecule has 2 heteroatoms. The Balaban J connectivity index is 1.62. The van der Waals surface area contributed by atoms with Crippen molar-refractivity contribution in [3.05, 3.63) is 36.1 Å². The number of hydrogen-bond donors (Lipinski definition) is 1. The van der Waals surface area contributed by atoms with Crippen LogP contribution in [0.1, 0.15) is 44.6 Å². The van der Waals surface area contributed by atoms with Gasteiger partial charge in [0.2, 0.25) is 0 Å². The highest BCUT2D eigenvalue weighted by molar-refractivity contribution is 5.80. The predicted molar refractivity (Wildman–Crippen MR) is 79.1 cm³/mol. The number of para-hydroxylation sites is 1. The quantitative estimate of drug-likeness (QED) is 0.873. The fourth-order valence-corrected chi connectivity index (χ4v) is 3.24. The molecule has 1 aliphatic rings. The van der Waals surface area contributed by atoms with E-state index in [4.69, 9.17) is 4.42 Å². The van der Waals surface area contributed by atoms with Crippen molar-refractivity contribution in [2.75, 3.05) is 0 Å². The number of furan rings is 1. The van der Waals surface area contributed by atoms with Gasteiger partial charge in [-0.05, 0) is 31.7 Å². The molecular formula is C17H23NO. The first-order valence-electron chi connectivity index (χ1n) is 7.53. The van der Waals surface area contributed by atoms with Gasteiger partial charge in [0.1, 0.15) is 5.58 Å². The zero-order valence-electron chi connectivity index (χ0n) is 11.7. The van der Waals surface area contributed by atoms with Gasteiger partial charge in [-0.1, -0.05) is 37.5 Å². The van der Waals surface area contributed by atoms with Crippen LogP contribution in [0.4, 0.5) is 0 Å². The maximum atomic E-state index is 5.59. The van der Waals surface area contributed by atoms with E-state index in [1.165, 1.54) is 43.1 Å². The van der Waals surface area contributed by atoms with Crippen molar-refractivity contribution >= 4 is 11.0 Å². The first kappa shape index (κ1) is 12.7. The number of benzene rings is 1. The van der Waals surface area contributed by atoms with E-state index in [1.54, 1.807) is 0 Å². The lowest BCUT2D eigenvalue weighted by atomic mass is 9.84. The summed E-state index contributed by atoms with van der Waals surface area (Å²) in [6.07, 6.45) is 8.91. The van der Waals surface area contributed by atoms with E-state index in [-0.39, 0.29) is 0 Å². The van der Waals surface area contributed by atoms with Gasteiger partial charge in [0.05, 0.1) is 6.26 Å². The van der Waals surface area contributed by atoms with Crippen LogP contribution in [0, 0.1) is 5.92 Å². The Morgan fingerprint density at radius 1 is 1.21 bits per heavy atom. The van der Waals surface area contributed by atoms with Gasteiger partial charge in [0.15, 0.2) is 0 Å². The third-order valence-electron chi connectivity index (χ3n) is 4.53. The van der Waals surface area contributed by atoms with E-state index >= 15 is 0 Å². The molecule has 0 aliphatic heterocycles. The van der Waals surface area contributed by atoms with Crippen LogP contribution in [0.25, 0.3) is 11.0 Å². The molecule has 1 heterocycles.